The summed E-state index contributed by atoms with van der Waals surface area (Å²) in [5.41, 5.74) is 3.54. The van der Waals surface area contributed by atoms with Gasteiger partial charge in [-0.05, 0) is 44.8 Å². The average molecular weight is 517 g/mol. The van der Waals surface area contributed by atoms with E-state index in [1.165, 1.54) is 29.3 Å². The maximum atomic E-state index is 14.9. The number of halogens is 3. The molecule has 0 saturated carbocycles. The Labute approximate surface area is 213 Å². The third-order valence-corrected chi connectivity index (χ3v) is 7.73. The molecule has 2 saturated heterocycles. The van der Waals surface area contributed by atoms with E-state index >= 15 is 0 Å². The number of primary amides is 1. The molecule has 3 unspecified atom stereocenters. The minimum atomic E-state index is -4.61. The Balaban J connectivity index is 1.40. The number of carbonyl (C=O) groups excluding carboxylic acids is 1. The maximum Gasteiger partial charge on any atom is 0.403 e. The third kappa shape index (κ3) is 4.94. The fourth-order valence-electron chi connectivity index (χ4n) is 5.76. The lowest BCUT2D eigenvalue weighted by atomic mass is 9.66. The van der Waals surface area contributed by atoms with Crippen LogP contribution in [-0.4, -0.2) is 75.0 Å². The molecule has 9 nitrogen and oxygen atoms in total. The molecule has 2 fully saturated rings. The fraction of sp³-hybridized carbons (Fsp3) is 0.520. The summed E-state index contributed by atoms with van der Waals surface area (Å²) in [5, 5.41) is 7.44. The van der Waals surface area contributed by atoms with Gasteiger partial charge in [-0.15, -0.1) is 0 Å². The molecule has 2 amide bonds. The first kappa shape index (κ1) is 25.2. The Bertz CT molecular complexity index is 1190. The summed E-state index contributed by atoms with van der Waals surface area (Å²) in [6, 6.07) is 1.04. The summed E-state index contributed by atoms with van der Waals surface area (Å²) in [5.74, 6) is -0.901. The molecule has 0 bridgehead atoms. The van der Waals surface area contributed by atoms with Gasteiger partial charge in [-0.3, -0.25) is 4.68 Å². The zero-order valence-electron chi connectivity index (χ0n) is 20.6. The molecule has 37 heavy (non-hydrogen) atoms. The van der Waals surface area contributed by atoms with Crippen LogP contribution in [0, 0.1) is 11.8 Å². The van der Waals surface area contributed by atoms with Crippen LogP contribution < -0.4 is 11.1 Å². The number of nitrogens with zero attached hydrogens (tertiary/aromatic N) is 6. The number of hydrogen-bond acceptors (Lipinski definition) is 6. The van der Waals surface area contributed by atoms with Gasteiger partial charge < -0.3 is 20.9 Å². The number of nitrogens with two attached hydrogens (primary N) is 1. The van der Waals surface area contributed by atoms with E-state index < -0.39 is 23.5 Å². The monoisotopic (exact) mass is 516 g/mol. The van der Waals surface area contributed by atoms with Gasteiger partial charge in [0.25, 0.3) is 0 Å². The molecule has 4 atom stereocenters. The highest BCUT2D eigenvalue weighted by molar-refractivity contribution is 5.72. The predicted molar refractivity (Wildman–Crippen MR) is 132 cm³/mol. The van der Waals surface area contributed by atoms with Crippen LogP contribution in [0.2, 0.25) is 0 Å². The van der Waals surface area contributed by atoms with Gasteiger partial charge in [0, 0.05) is 37.9 Å². The number of anilines is 2. The number of likely N-dealkylation sites (tertiary alicyclic amines) is 2. The van der Waals surface area contributed by atoms with E-state index in [0.29, 0.717) is 25.2 Å². The van der Waals surface area contributed by atoms with Crippen molar-refractivity contribution in [3.05, 3.63) is 54.7 Å². The van der Waals surface area contributed by atoms with Crippen LogP contribution in [0.1, 0.15) is 31.0 Å². The number of likely N-dealkylation sites (N-methyl/N-ethyl adjacent to an activating group) is 1. The van der Waals surface area contributed by atoms with Crippen LogP contribution >= 0.6 is 0 Å². The van der Waals surface area contributed by atoms with Gasteiger partial charge in [0.2, 0.25) is 5.95 Å². The van der Waals surface area contributed by atoms with Crippen molar-refractivity contribution < 1.29 is 18.0 Å². The van der Waals surface area contributed by atoms with E-state index in [4.69, 9.17) is 5.73 Å². The minimum Gasteiger partial charge on any atom is -0.351 e. The third-order valence-electron chi connectivity index (χ3n) is 7.73. The molecule has 198 valence electrons. The topological polar surface area (TPSA) is 105 Å². The van der Waals surface area contributed by atoms with Crippen LogP contribution in [0.15, 0.2) is 49.0 Å². The maximum absolute atomic E-state index is 14.9. The van der Waals surface area contributed by atoms with Crippen molar-refractivity contribution in [2.24, 2.45) is 17.6 Å². The average Bonchev–Trinajstić information content (AvgIpc) is 3.60. The summed E-state index contributed by atoms with van der Waals surface area (Å²) in [4.78, 5) is 23.8. The van der Waals surface area contributed by atoms with Crippen molar-refractivity contribution >= 4 is 17.7 Å². The number of urea groups is 1. The predicted octanol–water partition coefficient (Wildman–Crippen LogP) is 3.63. The van der Waals surface area contributed by atoms with Gasteiger partial charge in [0.15, 0.2) is 0 Å². The van der Waals surface area contributed by atoms with Crippen LogP contribution in [0.25, 0.3) is 0 Å². The first-order valence-electron chi connectivity index (χ1n) is 12.5. The van der Waals surface area contributed by atoms with E-state index in [-0.39, 0.29) is 30.0 Å². The molecule has 3 aliphatic rings. The van der Waals surface area contributed by atoms with Gasteiger partial charge in [0.05, 0.1) is 23.6 Å². The fourth-order valence-corrected chi connectivity index (χ4v) is 5.76. The highest BCUT2D eigenvalue weighted by atomic mass is 19.4. The molecule has 2 aromatic rings. The molecule has 3 N–H and O–H groups in total. The van der Waals surface area contributed by atoms with Crippen molar-refractivity contribution in [2.75, 3.05) is 38.5 Å². The van der Waals surface area contributed by atoms with Gasteiger partial charge in [-0.25, -0.2) is 14.8 Å². The smallest absolute Gasteiger partial charge is 0.351 e. The Kier molecular flexibility index (Phi) is 6.69. The van der Waals surface area contributed by atoms with Gasteiger partial charge in [0.1, 0.15) is 5.41 Å². The molecule has 0 radical (unpaired) electrons. The molecule has 2 aliphatic heterocycles. The van der Waals surface area contributed by atoms with Gasteiger partial charge in [-0.2, -0.15) is 18.3 Å². The molecular formula is C25H31F3N8O. The summed E-state index contributed by atoms with van der Waals surface area (Å²) >= 11 is 0. The highest BCUT2D eigenvalue weighted by Gasteiger charge is 2.60. The van der Waals surface area contributed by atoms with E-state index in [2.05, 4.69) is 32.3 Å². The second-order valence-corrected chi connectivity index (χ2v) is 10.2. The van der Waals surface area contributed by atoms with Crippen LogP contribution in [0.4, 0.5) is 29.6 Å². The molecule has 0 aromatic carbocycles. The van der Waals surface area contributed by atoms with Gasteiger partial charge >= 0.3 is 12.2 Å². The Morgan fingerprint density at radius 3 is 2.78 bits per heavy atom. The second-order valence-electron chi connectivity index (χ2n) is 10.2. The lowest BCUT2D eigenvalue weighted by molar-refractivity contribution is -0.189. The summed E-state index contributed by atoms with van der Waals surface area (Å²) < 4.78 is 46.6. The van der Waals surface area contributed by atoms with Crippen LogP contribution in [-0.2, 0) is 5.41 Å². The van der Waals surface area contributed by atoms with Crippen molar-refractivity contribution in [3.8, 4) is 0 Å². The van der Waals surface area contributed by atoms with Crippen LogP contribution in [0.3, 0.4) is 0 Å². The standard InChI is InChI=1S/C25H31F3N8O/c1-34-10-7-20(16-34)36-15-19(13-31-36)32-23-30-9-5-21(33-23)24(25(26,27)28)8-3-2-4-18(24)12-17-6-11-35(14-17)22(29)37/h2-5,8-9,13,15,17-18,20H,6-7,10-12,14,16H2,1H3,(H2,29,37)(H,30,32,33)/t17?,18?,20-,24?/m0/s1. The number of rotatable bonds is 6. The lowest BCUT2D eigenvalue weighted by Crippen LogP contribution is -2.48. The normalized spacial score (nSPS) is 28.2. The van der Waals surface area contributed by atoms with Crippen molar-refractivity contribution in [3.63, 3.8) is 0 Å². The summed E-state index contributed by atoms with van der Waals surface area (Å²) in [6.07, 6.45) is 7.90. The Morgan fingerprint density at radius 2 is 2.08 bits per heavy atom. The largest absolute Gasteiger partial charge is 0.403 e. The Morgan fingerprint density at radius 1 is 1.24 bits per heavy atom. The molecule has 4 heterocycles. The van der Waals surface area contributed by atoms with Gasteiger partial charge in [-0.1, -0.05) is 24.3 Å². The number of nitrogens with one attached hydrogen (secondary N) is 1. The summed E-state index contributed by atoms with van der Waals surface area (Å²) in [7, 11) is 2.06. The number of carbonyl (C=O) groups is 1. The highest BCUT2D eigenvalue weighted by Crippen LogP contribution is 2.51. The van der Waals surface area contributed by atoms with E-state index in [9.17, 15) is 18.0 Å². The first-order chi connectivity index (χ1) is 17.7. The molecule has 12 heteroatoms. The number of amides is 2. The lowest BCUT2D eigenvalue weighted by Gasteiger charge is -2.40. The first-order valence-corrected chi connectivity index (χ1v) is 12.5. The minimum absolute atomic E-state index is 0.0756. The zero-order chi connectivity index (χ0) is 26.2. The number of hydrogen-bond donors (Lipinski definition) is 2. The van der Waals surface area contributed by atoms with E-state index in [1.54, 1.807) is 18.3 Å². The Hall–Kier alpha value is -3.41. The van der Waals surface area contributed by atoms with Crippen molar-refractivity contribution in [2.45, 2.75) is 36.9 Å². The number of alkyl halides is 3. The SMILES string of the molecule is CN1CC[C@H](n2cc(Nc3nccc(C4(C(F)(F)F)C=CC=CC4CC4CCN(C(N)=O)C4)n3)cn2)C1. The van der Waals surface area contributed by atoms with E-state index in [1.807, 2.05) is 10.9 Å². The molecule has 5 rings (SSSR count). The zero-order valence-corrected chi connectivity index (χ0v) is 20.6. The van der Waals surface area contributed by atoms with E-state index in [0.717, 1.165) is 19.5 Å². The summed E-state index contributed by atoms with van der Waals surface area (Å²) in [6.45, 7) is 2.69. The number of allylic oxidation sites excluding steroid dienone is 4. The van der Waals surface area contributed by atoms with Crippen molar-refractivity contribution in [1.82, 2.24) is 29.5 Å². The molecule has 0 spiro atoms. The van der Waals surface area contributed by atoms with Crippen LogP contribution in [0.5, 0.6) is 0 Å². The quantitative estimate of drug-likeness (QED) is 0.608. The number of aromatic nitrogens is 4. The molecule has 2 aromatic heterocycles. The second kappa shape index (κ2) is 9.81. The molecular weight excluding hydrogens is 485 g/mol. The molecule has 1 aliphatic carbocycles. The van der Waals surface area contributed by atoms with Crippen molar-refractivity contribution in [1.29, 1.82) is 0 Å².